The second-order valence-electron chi connectivity index (χ2n) is 6.31. The number of hydrogen-bond acceptors (Lipinski definition) is 4. The number of carbonyl (C=O) groups excluding carboxylic acids is 2. The van der Waals surface area contributed by atoms with Gasteiger partial charge in [0.1, 0.15) is 16.5 Å². The Morgan fingerprint density at radius 1 is 1.14 bits per heavy atom. The highest BCUT2D eigenvalue weighted by molar-refractivity contribution is 6.34. The van der Waals surface area contributed by atoms with E-state index in [4.69, 9.17) is 16.3 Å². The van der Waals surface area contributed by atoms with E-state index in [9.17, 15) is 14.0 Å². The van der Waals surface area contributed by atoms with E-state index in [0.29, 0.717) is 29.2 Å². The van der Waals surface area contributed by atoms with Gasteiger partial charge in [0.25, 0.3) is 5.91 Å². The molecule has 3 rings (SSSR count). The fourth-order valence-corrected chi connectivity index (χ4v) is 3.03. The number of esters is 1. The van der Waals surface area contributed by atoms with E-state index in [-0.39, 0.29) is 16.5 Å². The van der Waals surface area contributed by atoms with Crippen molar-refractivity contribution in [2.75, 3.05) is 11.9 Å². The second-order valence-corrected chi connectivity index (χ2v) is 6.66. The molecule has 29 heavy (non-hydrogen) atoms. The average Bonchev–Trinajstić information content (AvgIpc) is 3.01. The van der Waals surface area contributed by atoms with Crippen LogP contribution in [0.4, 0.5) is 10.1 Å². The quantitative estimate of drug-likeness (QED) is 0.587. The largest absolute Gasteiger partial charge is 0.462 e. The van der Waals surface area contributed by atoms with Gasteiger partial charge in [0.15, 0.2) is 0 Å². The van der Waals surface area contributed by atoms with Crippen LogP contribution in [0.25, 0.3) is 5.69 Å². The lowest BCUT2D eigenvalue weighted by atomic mass is 10.2. The van der Waals surface area contributed by atoms with Gasteiger partial charge < -0.3 is 10.1 Å². The Kier molecular flexibility index (Phi) is 6.29. The molecule has 0 atom stereocenters. The van der Waals surface area contributed by atoms with Crippen molar-refractivity contribution in [3.05, 3.63) is 76.3 Å². The fraction of sp³-hybridized carbons (Fsp3) is 0.190. The summed E-state index contributed by atoms with van der Waals surface area (Å²) in [6, 6.07) is 12.0. The molecule has 8 heteroatoms. The van der Waals surface area contributed by atoms with Crippen LogP contribution in [-0.4, -0.2) is 28.3 Å². The molecule has 1 N–H and O–H groups in total. The van der Waals surface area contributed by atoms with Gasteiger partial charge in [-0.05, 0) is 61.9 Å². The molecule has 1 heterocycles. The lowest BCUT2D eigenvalue weighted by Gasteiger charge is -2.07. The van der Waals surface area contributed by atoms with E-state index in [1.54, 1.807) is 31.2 Å². The molecule has 3 aromatic rings. The van der Waals surface area contributed by atoms with Crippen LogP contribution in [0.5, 0.6) is 0 Å². The van der Waals surface area contributed by atoms with Gasteiger partial charge in [0.2, 0.25) is 0 Å². The first-order valence-electron chi connectivity index (χ1n) is 9.00. The normalized spacial score (nSPS) is 10.6. The minimum Gasteiger partial charge on any atom is -0.462 e. The highest BCUT2D eigenvalue weighted by atomic mass is 35.5. The molecule has 0 radical (unpaired) electrons. The average molecular weight is 416 g/mol. The van der Waals surface area contributed by atoms with Crippen molar-refractivity contribution in [2.45, 2.75) is 20.3 Å². The predicted octanol–water partition coefficient (Wildman–Crippen LogP) is 4.79. The molecule has 0 spiro atoms. The first-order valence-corrected chi connectivity index (χ1v) is 9.38. The zero-order chi connectivity index (χ0) is 21.0. The third-order valence-corrected chi connectivity index (χ3v) is 4.47. The van der Waals surface area contributed by atoms with Gasteiger partial charge in [-0.25, -0.2) is 13.9 Å². The highest BCUT2D eigenvalue weighted by Crippen LogP contribution is 2.25. The van der Waals surface area contributed by atoms with Gasteiger partial charge in [-0.3, -0.25) is 4.79 Å². The van der Waals surface area contributed by atoms with Gasteiger partial charge in [-0.1, -0.05) is 18.5 Å². The van der Waals surface area contributed by atoms with Gasteiger partial charge in [-0.15, -0.1) is 0 Å². The summed E-state index contributed by atoms with van der Waals surface area (Å²) in [7, 11) is 0. The summed E-state index contributed by atoms with van der Waals surface area (Å²) in [5.74, 6) is -1.24. The SMILES string of the molecule is CCCOC(=O)c1ccc(NC(=O)c2c(C)nn(-c3ccc(F)cc3)c2Cl)cc1. The molecule has 0 aliphatic heterocycles. The Bertz CT molecular complexity index is 1030. The Morgan fingerprint density at radius 3 is 2.41 bits per heavy atom. The molecule has 0 fully saturated rings. The number of amides is 1. The van der Waals surface area contributed by atoms with Crippen LogP contribution in [0.15, 0.2) is 48.5 Å². The van der Waals surface area contributed by atoms with Crippen molar-refractivity contribution in [2.24, 2.45) is 0 Å². The highest BCUT2D eigenvalue weighted by Gasteiger charge is 2.21. The Labute approximate surface area is 172 Å². The van der Waals surface area contributed by atoms with Crippen molar-refractivity contribution >= 4 is 29.2 Å². The maximum absolute atomic E-state index is 13.1. The number of ether oxygens (including phenoxy) is 1. The van der Waals surface area contributed by atoms with Crippen molar-refractivity contribution < 1.29 is 18.7 Å². The second kappa shape index (κ2) is 8.87. The Morgan fingerprint density at radius 2 is 1.79 bits per heavy atom. The summed E-state index contributed by atoms with van der Waals surface area (Å²) >= 11 is 6.36. The van der Waals surface area contributed by atoms with E-state index in [2.05, 4.69) is 10.4 Å². The zero-order valence-corrected chi connectivity index (χ0v) is 16.7. The standard InChI is InChI=1S/C21H19ClFN3O3/c1-3-12-29-21(28)14-4-8-16(9-5-14)24-20(27)18-13(2)25-26(19(18)22)17-10-6-15(23)7-11-17/h4-11H,3,12H2,1-2H3,(H,24,27). The number of aryl methyl sites for hydroxylation is 1. The summed E-state index contributed by atoms with van der Waals surface area (Å²) in [5.41, 5.74) is 2.06. The number of nitrogens with zero attached hydrogens (tertiary/aromatic N) is 2. The summed E-state index contributed by atoms with van der Waals surface area (Å²) in [6.45, 7) is 3.93. The number of anilines is 1. The molecule has 0 unspecified atom stereocenters. The van der Waals surface area contributed by atoms with E-state index >= 15 is 0 Å². The molecular formula is C21H19ClFN3O3. The molecule has 0 saturated carbocycles. The van der Waals surface area contributed by atoms with Crippen LogP contribution in [-0.2, 0) is 4.74 Å². The molecule has 0 bridgehead atoms. The monoisotopic (exact) mass is 415 g/mol. The third-order valence-electron chi connectivity index (χ3n) is 4.12. The molecule has 0 saturated heterocycles. The number of rotatable bonds is 6. The Hall–Kier alpha value is -3.19. The number of benzene rings is 2. The van der Waals surface area contributed by atoms with E-state index < -0.39 is 11.9 Å². The third kappa shape index (κ3) is 4.63. The number of halogens is 2. The van der Waals surface area contributed by atoms with Crippen LogP contribution >= 0.6 is 11.6 Å². The van der Waals surface area contributed by atoms with Gasteiger partial charge in [-0.2, -0.15) is 5.10 Å². The summed E-state index contributed by atoms with van der Waals surface area (Å²) in [6.07, 6.45) is 0.742. The Balaban J connectivity index is 1.77. The van der Waals surface area contributed by atoms with Crippen LogP contribution < -0.4 is 5.32 Å². The van der Waals surface area contributed by atoms with Crippen LogP contribution in [0.1, 0.15) is 39.8 Å². The van der Waals surface area contributed by atoms with Crippen LogP contribution in [0.2, 0.25) is 5.15 Å². The minimum atomic E-state index is -0.442. The van der Waals surface area contributed by atoms with E-state index in [1.165, 1.54) is 28.9 Å². The first-order chi connectivity index (χ1) is 13.9. The lowest BCUT2D eigenvalue weighted by molar-refractivity contribution is 0.0505. The molecule has 150 valence electrons. The molecule has 0 aliphatic rings. The zero-order valence-electron chi connectivity index (χ0n) is 15.9. The summed E-state index contributed by atoms with van der Waals surface area (Å²) in [5, 5.41) is 7.13. The maximum Gasteiger partial charge on any atom is 0.338 e. The number of aromatic nitrogens is 2. The molecule has 0 aliphatic carbocycles. The molecule has 1 amide bonds. The minimum absolute atomic E-state index is 0.117. The number of nitrogens with one attached hydrogen (secondary N) is 1. The van der Waals surface area contributed by atoms with Gasteiger partial charge >= 0.3 is 5.97 Å². The summed E-state index contributed by atoms with van der Waals surface area (Å²) in [4.78, 5) is 24.6. The van der Waals surface area contributed by atoms with E-state index in [0.717, 1.165) is 6.42 Å². The van der Waals surface area contributed by atoms with E-state index in [1.807, 2.05) is 6.92 Å². The molecular weight excluding hydrogens is 397 g/mol. The smallest absolute Gasteiger partial charge is 0.338 e. The molecule has 2 aromatic carbocycles. The van der Waals surface area contributed by atoms with Crippen molar-refractivity contribution in [1.82, 2.24) is 9.78 Å². The van der Waals surface area contributed by atoms with Crippen molar-refractivity contribution in [1.29, 1.82) is 0 Å². The molecule has 6 nitrogen and oxygen atoms in total. The van der Waals surface area contributed by atoms with Gasteiger partial charge in [0, 0.05) is 5.69 Å². The first kappa shape index (κ1) is 20.5. The topological polar surface area (TPSA) is 73.2 Å². The number of carbonyl (C=O) groups is 2. The lowest BCUT2D eigenvalue weighted by Crippen LogP contribution is -2.13. The van der Waals surface area contributed by atoms with Crippen LogP contribution in [0.3, 0.4) is 0 Å². The number of hydrogen-bond donors (Lipinski definition) is 1. The summed E-state index contributed by atoms with van der Waals surface area (Å²) < 4.78 is 19.6. The predicted molar refractivity (Wildman–Crippen MR) is 108 cm³/mol. The van der Waals surface area contributed by atoms with Crippen molar-refractivity contribution in [3.8, 4) is 5.69 Å². The fourth-order valence-electron chi connectivity index (χ4n) is 2.67. The van der Waals surface area contributed by atoms with Crippen molar-refractivity contribution in [3.63, 3.8) is 0 Å². The van der Waals surface area contributed by atoms with Gasteiger partial charge in [0.05, 0.1) is 23.6 Å². The maximum atomic E-state index is 13.1. The van der Waals surface area contributed by atoms with Crippen LogP contribution in [0, 0.1) is 12.7 Å². The molecule has 1 aromatic heterocycles.